The van der Waals surface area contributed by atoms with Gasteiger partial charge in [0, 0.05) is 0 Å². The van der Waals surface area contributed by atoms with Crippen LogP contribution in [0.1, 0.15) is 0 Å². The number of nitrogens with one attached hydrogen (secondary N) is 1. The summed E-state index contributed by atoms with van der Waals surface area (Å²) in [5.41, 5.74) is 5.85. The SMILES string of the molecule is NC(O)NO. The number of hydrogen-bond acceptors (Lipinski definition) is 4. The van der Waals surface area contributed by atoms with E-state index in [1.54, 1.807) is 0 Å². The molecule has 0 aliphatic heterocycles. The Balaban J connectivity index is 2.54. The van der Waals surface area contributed by atoms with Gasteiger partial charge in [-0.3, -0.25) is 5.73 Å². The maximum atomic E-state index is 7.78. The fraction of sp³-hybridized carbons (Fsp3) is 1.00. The van der Waals surface area contributed by atoms with Gasteiger partial charge >= 0.3 is 0 Å². The summed E-state index contributed by atoms with van der Waals surface area (Å²) < 4.78 is 0. The smallest absolute Gasteiger partial charge is 0.179 e. The molecule has 5 N–H and O–H groups in total. The van der Waals surface area contributed by atoms with E-state index < -0.39 is 6.35 Å². The van der Waals surface area contributed by atoms with E-state index in [1.807, 2.05) is 0 Å². The molecule has 0 aromatic rings. The highest BCUT2D eigenvalue weighted by Crippen LogP contribution is 1.43. The van der Waals surface area contributed by atoms with Crippen LogP contribution in [0, 0.1) is 0 Å². The van der Waals surface area contributed by atoms with Gasteiger partial charge in [0.15, 0.2) is 6.35 Å². The fourth-order valence-electron chi connectivity index (χ4n) is 0. The normalized spacial score (nSPS) is 15.0. The molecule has 5 heavy (non-hydrogen) atoms. The first-order valence-electron chi connectivity index (χ1n) is 1.10. The maximum absolute atomic E-state index is 7.78. The van der Waals surface area contributed by atoms with E-state index in [2.05, 4.69) is 5.73 Å². The molecule has 1 atom stereocenters. The second-order valence-corrected chi connectivity index (χ2v) is 0.574. The van der Waals surface area contributed by atoms with Gasteiger partial charge in [-0.25, -0.2) is 0 Å². The van der Waals surface area contributed by atoms with Gasteiger partial charge in [0.25, 0.3) is 0 Å². The summed E-state index contributed by atoms with van der Waals surface area (Å²) in [5, 5.41) is 15.3. The van der Waals surface area contributed by atoms with Crippen LogP contribution in [0.3, 0.4) is 0 Å². The van der Waals surface area contributed by atoms with Crippen molar-refractivity contribution in [1.82, 2.24) is 5.48 Å². The first-order valence-corrected chi connectivity index (χ1v) is 1.10. The predicted octanol–water partition coefficient (Wildman–Crippen LogP) is -1.80. The molecule has 4 nitrogen and oxygen atoms in total. The number of aliphatic hydroxyl groups is 1. The van der Waals surface area contributed by atoms with Crippen LogP contribution in [-0.4, -0.2) is 16.7 Å². The van der Waals surface area contributed by atoms with Crippen molar-refractivity contribution in [2.24, 2.45) is 5.73 Å². The van der Waals surface area contributed by atoms with Crippen molar-refractivity contribution in [3.8, 4) is 0 Å². The van der Waals surface area contributed by atoms with Crippen LogP contribution >= 0.6 is 0 Å². The summed E-state index contributed by atoms with van der Waals surface area (Å²) in [6.07, 6.45) is -1.31. The minimum Gasteiger partial charge on any atom is -0.364 e. The van der Waals surface area contributed by atoms with Crippen LogP contribution in [0.5, 0.6) is 0 Å². The molecule has 0 saturated carbocycles. The van der Waals surface area contributed by atoms with E-state index >= 15 is 0 Å². The molecule has 0 rings (SSSR count). The minimum atomic E-state index is -1.31. The van der Waals surface area contributed by atoms with Crippen molar-refractivity contribution < 1.29 is 10.3 Å². The summed E-state index contributed by atoms with van der Waals surface area (Å²) in [4.78, 5) is 0. The van der Waals surface area contributed by atoms with Gasteiger partial charge < -0.3 is 10.3 Å². The number of hydrogen-bond donors (Lipinski definition) is 4. The lowest BCUT2D eigenvalue weighted by molar-refractivity contribution is 0.00650. The first kappa shape index (κ1) is 4.84. The molecule has 0 spiro atoms. The first-order chi connectivity index (χ1) is 2.27. The highest BCUT2D eigenvalue weighted by molar-refractivity contribution is 4.16. The zero-order valence-corrected chi connectivity index (χ0v) is 2.55. The Kier molecular flexibility index (Phi) is 2.03. The van der Waals surface area contributed by atoms with Gasteiger partial charge in [0.05, 0.1) is 0 Å². The Morgan fingerprint density at radius 3 is 2.00 bits per heavy atom. The fourth-order valence-corrected chi connectivity index (χ4v) is 0. The zero-order chi connectivity index (χ0) is 4.28. The Morgan fingerprint density at radius 2 is 2.00 bits per heavy atom. The van der Waals surface area contributed by atoms with E-state index in [9.17, 15) is 0 Å². The third-order valence-corrected chi connectivity index (χ3v) is 0.132. The minimum absolute atomic E-state index is 1.31. The summed E-state index contributed by atoms with van der Waals surface area (Å²) in [7, 11) is 0. The van der Waals surface area contributed by atoms with Gasteiger partial charge in [-0.2, -0.15) is 5.48 Å². The average molecular weight is 78.1 g/mol. The Morgan fingerprint density at radius 1 is 1.80 bits per heavy atom. The molecule has 0 aliphatic carbocycles. The van der Waals surface area contributed by atoms with E-state index in [1.165, 1.54) is 5.48 Å². The van der Waals surface area contributed by atoms with Crippen molar-refractivity contribution in [2.45, 2.75) is 6.35 Å². The third kappa shape index (κ3) is 3.84. The zero-order valence-electron chi connectivity index (χ0n) is 2.55. The summed E-state index contributed by atoms with van der Waals surface area (Å²) in [6, 6.07) is 0. The standard InChI is InChI=1S/CH6N2O2/c2-1(4)3-5/h1,3-5H,2H2. The molecular formula is CH6N2O2. The van der Waals surface area contributed by atoms with Crippen molar-refractivity contribution in [2.75, 3.05) is 0 Å². The number of aliphatic hydroxyl groups excluding tert-OH is 1. The number of hydroxylamine groups is 1. The van der Waals surface area contributed by atoms with Gasteiger partial charge in [-0.15, -0.1) is 0 Å². The molecule has 0 aromatic carbocycles. The second-order valence-electron chi connectivity index (χ2n) is 0.574. The van der Waals surface area contributed by atoms with E-state index in [-0.39, 0.29) is 0 Å². The number of rotatable bonds is 1. The largest absolute Gasteiger partial charge is 0.364 e. The van der Waals surface area contributed by atoms with Crippen LogP contribution < -0.4 is 11.2 Å². The molecule has 4 heteroatoms. The maximum Gasteiger partial charge on any atom is 0.179 e. The molecule has 0 fully saturated rings. The lowest BCUT2D eigenvalue weighted by atomic mass is 11.1. The molecular weight excluding hydrogens is 72.0 g/mol. The average Bonchev–Trinajstić information content (AvgIpc) is 1.38. The second kappa shape index (κ2) is 2.10. The monoisotopic (exact) mass is 78.0 g/mol. The molecule has 0 saturated heterocycles. The van der Waals surface area contributed by atoms with E-state index in [4.69, 9.17) is 10.3 Å². The van der Waals surface area contributed by atoms with E-state index in [0.29, 0.717) is 0 Å². The van der Waals surface area contributed by atoms with Crippen molar-refractivity contribution >= 4 is 0 Å². The molecule has 0 radical (unpaired) electrons. The van der Waals surface area contributed by atoms with Crippen LogP contribution in [0.15, 0.2) is 0 Å². The molecule has 0 aromatic heterocycles. The Labute approximate surface area is 29.2 Å². The highest BCUT2D eigenvalue weighted by Gasteiger charge is 1.80. The summed E-state index contributed by atoms with van der Waals surface area (Å²) >= 11 is 0. The summed E-state index contributed by atoms with van der Waals surface area (Å²) in [5.74, 6) is 0. The van der Waals surface area contributed by atoms with Crippen LogP contribution in [0.25, 0.3) is 0 Å². The van der Waals surface area contributed by atoms with Crippen molar-refractivity contribution in [3.05, 3.63) is 0 Å². The number of nitrogens with two attached hydrogens (primary N) is 1. The van der Waals surface area contributed by atoms with Gasteiger partial charge in [0.2, 0.25) is 0 Å². The topological polar surface area (TPSA) is 78.5 Å². The van der Waals surface area contributed by atoms with Crippen LogP contribution in [0.2, 0.25) is 0 Å². The van der Waals surface area contributed by atoms with Gasteiger partial charge in [-0.05, 0) is 0 Å². The quantitative estimate of drug-likeness (QED) is 0.220. The molecule has 0 aliphatic rings. The van der Waals surface area contributed by atoms with Crippen molar-refractivity contribution in [3.63, 3.8) is 0 Å². The molecule has 1 unspecified atom stereocenters. The molecule has 0 amide bonds. The highest BCUT2D eigenvalue weighted by atomic mass is 16.5. The lowest BCUT2D eigenvalue weighted by Gasteiger charge is -1.93. The Bertz CT molecular complexity index is 21.6. The van der Waals surface area contributed by atoms with Crippen LogP contribution in [-0.2, 0) is 0 Å². The third-order valence-electron chi connectivity index (χ3n) is 0.132. The molecule has 32 valence electrons. The van der Waals surface area contributed by atoms with Crippen LogP contribution in [0.4, 0.5) is 0 Å². The van der Waals surface area contributed by atoms with Gasteiger partial charge in [0.1, 0.15) is 0 Å². The Hall–Kier alpha value is -0.160. The van der Waals surface area contributed by atoms with Gasteiger partial charge in [-0.1, -0.05) is 0 Å². The predicted molar refractivity (Wildman–Crippen MR) is 15.1 cm³/mol. The molecule has 0 heterocycles. The van der Waals surface area contributed by atoms with Crippen molar-refractivity contribution in [1.29, 1.82) is 0 Å². The lowest BCUT2D eigenvalue weighted by Crippen LogP contribution is -2.33. The van der Waals surface area contributed by atoms with E-state index in [0.717, 1.165) is 0 Å². The molecule has 0 bridgehead atoms. The summed E-state index contributed by atoms with van der Waals surface area (Å²) in [6.45, 7) is 0.